The zero-order valence-electron chi connectivity index (χ0n) is 14.9. The van der Waals surface area contributed by atoms with Crippen molar-refractivity contribution in [2.24, 2.45) is 22.9 Å². The average Bonchev–Trinajstić information content (AvgIpc) is 2.58. The molecule has 10 nitrogen and oxygen atoms in total. The van der Waals surface area contributed by atoms with E-state index in [2.05, 4.69) is 0 Å². The fourth-order valence-electron chi connectivity index (χ4n) is 2.50. The van der Waals surface area contributed by atoms with Crippen LogP contribution in [0.5, 0.6) is 0 Å². The van der Waals surface area contributed by atoms with Gasteiger partial charge in [-0.2, -0.15) is 0 Å². The lowest BCUT2D eigenvalue weighted by Gasteiger charge is -2.25. The third-order valence-electron chi connectivity index (χ3n) is 4.39. The standard InChI is InChI=1S/C16H30N4O6/c17-9-3-1-7-15(19,13(23)24)11(21)5-6-12(22)16(20,14(25)26)8-2-4-10-18/h1-10,17-20H2,(H,23,24)(H,25,26). The minimum Gasteiger partial charge on any atom is -0.480 e. The number of hydrogen-bond acceptors (Lipinski definition) is 8. The molecular weight excluding hydrogens is 344 g/mol. The topological polar surface area (TPSA) is 213 Å². The Hall–Kier alpha value is -1.88. The third-order valence-corrected chi connectivity index (χ3v) is 4.39. The molecular formula is C16H30N4O6. The Morgan fingerprint density at radius 1 is 0.654 bits per heavy atom. The van der Waals surface area contributed by atoms with E-state index in [9.17, 15) is 29.4 Å². The van der Waals surface area contributed by atoms with Gasteiger partial charge in [0.15, 0.2) is 22.6 Å². The predicted molar refractivity (Wildman–Crippen MR) is 94.2 cm³/mol. The van der Waals surface area contributed by atoms with Crippen molar-refractivity contribution in [1.82, 2.24) is 0 Å². The quantitative estimate of drug-likeness (QED) is 0.147. The van der Waals surface area contributed by atoms with Crippen LogP contribution in [0.1, 0.15) is 51.4 Å². The fraction of sp³-hybridized carbons (Fsp3) is 0.750. The van der Waals surface area contributed by atoms with Crippen LogP contribution < -0.4 is 22.9 Å². The molecule has 0 aliphatic carbocycles. The number of nitrogens with two attached hydrogens (primary N) is 4. The number of unbranched alkanes of at least 4 members (excludes halogenated alkanes) is 2. The van der Waals surface area contributed by atoms with Gasteiger partial charge in [-0.3, -0.25) is 9.59 Å². The molecule has 2 unspecified atom stereocenters. The Morgan fingerprint density at radius 3 is 1.19 bits per heavy atom. The van der Waals surface area contributed by atoms with Crippen LogP contribution in [0.3, 0.4) is 0 Å². The first-order valence-electron chi connectivity index (χ1n) is 8.57. The third kappa shape index (κ3) is 6.45. The molecule has 0 bridgehead atoms. The first kappa shape index (κ1) is 24.1. The number of carbonyl (C=O) groups excluding carboxylic acids is 2. The van der Waals surface area contributed by atoms with Crippen molar-refractivity contribution >= 4 is 23.5 Å². The van der Waals surface area contributed by atoms with Crippen molar-refractivity contribution in [3.05, 3.63) is 0 Å². The maximum absolute atomic E-state index is 12.3. The van der Waals surface area contributed by atoms with Crippen molar-refractivity contribution in [1.29, 1.82) is 0 Å². The molecule has 10 heteroatoms. The van der Waals surface area contributed by atoms with Crippen LogP contribution in [-0.4, -0.2) is 57.9 Å². The van der Waals surface area contributed by atoms with Crippen LogP contribution >= 0.6 is 0 Å². The first-order valence-corrected chi connectivity index (χ1v) is 8.57. The fourth-order valence-corrected chi connectivity index (χ4v) is 2.50. The van der Waals surface area contributed by atoms with E-state index in [1.807, 2.05) is 0 Å². The lowest BCUT2D eigenvalue weighted by atomic mass is 9.83. The summed E-state index contributed by atoms with van der Waals surface area (Å²) in [7, 11) is 0. The van der Waals surface area contributed by atoms with E-state index in [4.69, 9.17) is 22.9 Å². The second-order valence-electron chi connectivity index (χ2n) is 6.39. The van der Waals surface area contributed by atoms with Crippen molar-refractivity contribution in [3.63, 3.8) is 0 Å². The summed E-state index contributed by atoms with van der Waals surface area (Å²) in [6.45, 7) is 0.666. The molecule has 10 N–H and O–H groups in total. The highest BCUT2D eigenvalue weighted by Gasteiger charge is 2.44. The Labute approximate surface area is 152 Å². The molecule has 0 spiro atoms. The van der Waals surface area contributed by atoms with E-state index in [1.54, 1.807) is 0 Å². The van der Waals surface area contributed by atoms with E-state index in [1.165, 1.54) is 0 Å². The number of rotatable bonds is 15. The number of ketones is 2. The number of aliphatic carboxylic acids is 2. The summed E-state index contributed by atoms with van der Waals surface area (Å²) < 4.78 is 0. The summed E-state index contributed by atoms with van der Waals surface area (Å²) in [6.07, 6.45) is 0.476. The lowest BCUT2D eigenvalue weighted by molar-refractivity contribution is -0.152. The molecule has 0 aromatic carbocycles. The van der Waals surface area contributed by atoms with Crippen molar-refractivity contribution < 1.29 is 29.4 Å². The van der Waals surface area contributed by atoms with E-state index < -0.39 is 47.4 Å². The molecule has 26 heavy (non-hydrogen) atoms. The largest absolute Gasteiger partial charge is 0.480 e. The molecule has 0 saturated heterocycles. The van der Waals surface area contributed by atoms with E-state index >= 15 is 0 Å². The molecule has 0 aromatic rings. The Kier molecular flexibility index (Phi) is 10.2. The molecule has 0 rings (SSSR count). The highest BCUT2D eigenvalue weighted by Crippen LogP contribution is 2.20. The van der Waals surface area contributed by atoms with Crippen LogP contribution in [0, 0.1) is 0 Å². The normalized spacial score (nSPS) is 15.7. The van der Waals surface area contributed by atoms with Gasteiger partial charge < -0.3 is 33.1 Å². The second-order valence-corrected chi connectivity index (χ2v) is 6.39. The van der Waals surface area contributed by atoms with Crippen molar-refractivity contribution in [2.75, 3.05) is 13.1 Å². The SMILES string of the molecule is NCCCCC(N)(C(=O)O)C(=O)CCC(=O)C(N)(CCCCN)C(=O)O. The van der Waals surface area contributed by atoms with E-state index in [0.717, 1.165) is 0 Å². The van der Waals surface area contributed by atoms with Crippen LogP contribution in [0.25, 0.3) is 0 Å². The molecule has 0 aliphatic rings. The summed E-state index contributed by atoms with van der Waals surface area (Å²) in [4.78, 5) is 47.3. The molecule has 0 fully saturated rings. The number of carboxylic acid groups (broad SMARTS) is 2. The van der Waals surface area contributed by atoms with Crippen molar-refractivity contribution in [3.8, 4) is 0 Å². The molecule has 0 amide bonds. The van der Waals surface area contributed by atoms with E-state index in [-0.39, 0.29) is 12.8 Å². The molecule has 0 aromatic heterocycles. The summed E-state index contributed by atoms with van der Waals surface area (Å²) >= 11 is 0. The number of carbonyl (C=O) groups is 4. The average molecular weight is 374 g/mol. The zero-order valence-corrected chi connectivity index (χ0v) is 14.9. The molecule has 0 radical (unpaired) electrons. The zero-order chi connectivity index (χ0) is 20.4. The van der Waals surface area contributed by atoms with Gasteiger partial charge in [-0.05, 0) is 51.6 Å². The van der Waals surface area contributed by atoms with Gasteiger partial charge in [0.2, 0.25) is 0 Å². The Balaban J connectivity index is 4.99. The number of hydrogen-bond donors (Lipinski definition) is 6. The molecule has 0 heterocycles. The van der Waals surface area contributed by atoms with Gasteiger partial charge in [-0.1, -0.05) is 0 Å². The highest BCUT2D eigenvalue weighted by atomic mass is 16.4. The summed E-state index contributed by atoms with van der Waals surface area (Å²) in [6, 6.07) is 0. The lowest BCUT2D eigenvalue weighted by Crippen LogP contribution is -2.57. The molecule has 0 saturated carbocycles. The van der Waals surface area contributed by atoms with Crippen LogP contribution in [-0.2, 0) is 19.2 Å². The smallest absolute Gasteiger partial charge is 0.331 e. The maximum Gasteiger partial charge on any atom is 0.331 e. The van der Waals surface area contributed by atoms with Gasteiger partial charge in [-0.15, -0.1) is 0 Å². The van der Waals surface area contributed by atoms with Gasteiger partial charge in [0.05, 0.1) is 0 Å². The monoisotopic (exact) mass is 374 g/mol. The molecule has 150 valence electrons. The molecule has 0 aliphatic heterocycles. The number of Topliss-reactive ketones (excluding diaryl/α,β-unsaturated/α-hetero) is 2. The molecule has 2 atom stereocenters. The highest BCUT2D eigenvalue weighted by molar-refractivity contribution is 6.11. The van der Waals surface area contributed by atoms with Crippen LogP contribution in [0.15, 0.2) is 0 Å². The number of carboxylic acids is 2. The Morgan fingerprint density at radius 2 is 0.962 bits per heavy atom. The first-order chi connectivity index (χ1) is 12.1. The van der Waals surface area contributed by atoms with Gasteiger partial charge in [0, 0.05) is 12.8 Å². The van der Waals surface area contributed by atoms with Gasteiger partial charge in [0.25, 0.3) is 0 Å². The maximum atomic E-state index is 12.3. The van der Waals surface area contributed by atoms with E-state index in [0.29, 0.717) is 38.8 Å². The summed E-state index contributed by atoms with van der Waals surface area (Å²) in [5.41, 5.74) is 17.9. The van der Waals surface area contributed by atoms with Gasteiger partial charge in [0.1, 0.15) is 0 Å². The van der Waals surface area contributed by atoms with Gasteiger partial charge in [-0.25, -0.2) is 9.59 Å². The van der Waals surface area contributed by atoms with Crippen LogP contribution in [0.2, 0.25) is 0 Å². The Bertz CT molecular complexity index is 481. The summed E-state index contributed by atoms with van der Waals surface area (Å²) in [5, 5.41) is 18.5. The van der Waals surface area contributed by atoms with Crippen LogP contribution in [0.4, 0.5) is 0 Å². The predicted octanol–water partition coefficient (Wildman–Crippen LogP) is -1.27. The van der Waals surface area contributed by atoms with Gasteiger partial charge >= 0.3 is 11.9 Å². The minimum atomic E-state index is -2.13. The second kappa shape index (κ2) is 11.0. The van der Waals surface area contributed by atoms with Crippen molar-refractivity contribution in [2.45, 2.75) is 62.4 Å². The summed E-state index contributed by atoms with van der Waals surface area (Å²) in [5.74, 6) is -4.67. The minimum absolute atomic E-state index is 0.115.